The molecule has 0 aromatic rings. The van der Waals surface area contributed by atoms with Gasteiger partial charge in [0.15, 0.2) is 0 Å². The van der Waals surface area contributed by atoms with Gasteiger partial charge in [-0.3, -0.25) is 4.79 Å². The minimum atomic E-state index is -2.64. The van der Waals surface area contributed by atoms with E-state index in [0.29, 0.717) is 13.1 Å². The van der Waals surface area contributed by atoms with Gasteiger partial charge in [0, 0.05) is 0 Å². The number of halogens is 2. The van der Waals surface area contributed by atoms with E-state index >= 15 is 0 Å². The van der Waals surface area contributed by atoms with Gasteiger partial charge in [0.25, 0.3) is 6.43 Å². The summed E-state index contributed by atoms with van der Waals surface area (Å²) in [5, 5.41) is 2.95. The average molecular weight is 207 g/mol. The third kappa shape index (κ3) is 2.03. The Morgan fingerprint density at radius 1 is 1.50 bits per heavy atom. The standard InChI is InChI=1S/C9H15F2NO2/c1-2-14-8(13)9(7(10)11)3-5-12-6-4-9/h7,12H,2-6H2,1H3. The highest BCUT2D eigenvalue weighted by Gasteiger charge is 2.49. The van der Waals surface area contributed by atoms with Crippen LogP contribution in [0, 0.1) is 5.41 Å². The summed E-state index contributed by atoms with van der Waals surface area (Å²) in [5.41, 5.74) is -1.57. The normalized spacial score (nSPS) is 20.9. The number of piperidine rings is 1. The largest absolute Gasteiger partial charge is 0.465 e. The number of esters is 1. The Morgan fingerprint density at radius 3 is 2.50 bits per heavy atom. The van der Waals surface area contributed by atoms with Crippen molar-refractivity contribution in [3.05, 3.63) is 0 Å². The number of carbonyl (C=O) groups is 1. The summed E-state index contributed by atoms with van der Waals surface area (Å²) in [6, 6.07) is 0. The van der Waals surface area contributed by atoms with Crippen molar-refractivity contribution in [2.75, 3.05) is 19.7 Å². The molecule has 14 heavy (non-hydrogen) atoms. The molecule has 0 aliphatic carbocycles. The molecule has 5 heteroatoms. The summed E-state index contributed by atoms with van der Waals surface area (Å²) < 4.78 is 30.3. The van der Waals surface area contributed by atoms with Gasteiger partial charge in [0.2, 0.25) is 0 Å². The fourth-order valence-corrected chi connectivity index (χ4v) is 1.66. The molecule has 1 aliphatic heterocycles. The number of ether oxygens (including phenoxy) is 1. The van der Waals surface area contributed by atoms with Crippen molar-refractivity contribution in [1.82, 2.24) is 5.32 Å². The number of nitrogens with one attached hydrogen (secondary N) is 1. The molecule has 3 nitrogen and oxygen atoms in total. The van der Waals surface area contributed by atoms with E-state index in [2.05, 4.69) is 5.32 Å². The summed E-state index contributed by atoms with van der Waals surface area (Å²) in [7, 11) is 0. The van der Waals surface area contributed by atoms with Crippen molar-refractivity contribution in [2.45, 2.75) is 26.2 Å². The number of carbonyl (C=O) groups excluding carboxylic acids is 1. The zero-order valence-electron chi connectivity index (χ0n) is 8.19. The minimum absolute atomic E-state index is 0.154. The van der Waals surface area contributed by atoms with Crippen LogP contribution in [-0.4, -0.2) is 32.1 Å². The van der Waals surface area contributed by atoms with E-state index in [0.717, 1.165) is 0 Å². The van der Waals surface area contributed by atoms with Crippen LogP contribution in [0.2, 0.25) is 0 Å². The predicted molar refractivity (Wildman–Crippen MR) is 47.2 cm³/mol. The summed E-state index contributed by atoms with van der Waals surface area (Å²) in [6.07, 6.45) is -2.32. The Kier molecular flexibility index (Phi) is 3.80. The Morgan fingerprint density at radius 2 is 2.07 bits per heavy atom. The highest BCUT2D eigenvalue weighted by Crippen LogP contribution is 2.36. The summed E-state index contributed by atoms with van der Waals surface area (Å²) in [4.78, 5) is 11.4. The minimum Gasteiger partial charge on any atom is -0.465 e. The van der Waals surface area contributed by atoms with Gasteiger partial charge in [-0.2, -0.15) is 0 Å². The summed E-state index contributed by atoms with van der Waals surface area (Å²) in [6.45, 7) is 2.67. The molecule has 1 N–H and O–H groups in total. The summed E-state index contributed by atoms with van der Waals surface area (Å²) >= 11 is 0. The Hall–Kier alpha value is -0.710. The first kappa shape index (κ1) is 11.4. The summed E-state index contributed by atoms with van der Waals surface area (Å²) in [5.74, 6) is -0.753. The molecule has 0 aromatic carbocycles. The monoisotopic (exact) mass is 207 g/mol. The maximum atomic E-state index is 12.8. The first-order valence-corrected chi connectivity index (χ1v) is 4.79. The van der Waals surface area contributed by atoms with E-state index in [4.69, 9.17) is 4.74 Å². The zero-order valence-corrected chi connectivity index (χ0v) is 8.19. The molecule has 0 unspecified atom stereocenters. The van der Waals surface area contributed by atoms with E-state index in [1.165, 1.54) is 0 Å². The second-order valence-electron chi connectivity index (χ2n) is 3.43. The van der Waals surface area contributed by atoms with E-state index in [-0.39, 0.29) is 19.4 Å². The molecule has 82 valence electrons. The molecule has 0 spiro atoms. The average Bonchev–Trinajstić information content (AvgIpc) is 2.19. The quantitative estimate of drug-likeness (QED) is 0.706. The van der Waals surface area contributed by atoms with Crippen LogP contribution in [0.5, 0.6) is 0 Å². The van der Waals surface area contributed by atoms with Gasteiger partial charge in [0.1, 0.15) is 5.41 Å². The third-order valence-corrected chi connectivity index (χ3v) is 2.60. The number of hydrogen-bond acceptors (Lipinski definition) is 3. The van der Waals surface area contributed by atoms with Gasteiger partial charge in [-0.05, 0) is 32.9 Å². The van der Waals surface area contributed by atoms with Crippen LogP contribution < -0.4 is 5.32 Å². The molecular weight excluding hydrogens is 192 g/mol. The predicted octanol–water partition coefficient (Wildman–Crippen LogP) is 1.18. The van der Waals surface area contributed by atoms with E-state index in [1.807, 2.05) is 0 Å². The van der Waals surface area contributed by atoms with Crippen molar-refractivity contribution in [2.24, 2.45) is 5.41 Å². The first-order chi connectivity index (χ1) is 6.63. The molecule has 0 bridgehead atoms. The Labute approximate surface area is 81.8 Å². The molecule has 1 saturated heterocycles. The highest BCUT2D eigenvalue weighted by atomic mass is 19.3. The van der Waals surface area contributed by atoms with Gasteiger partial charge in [0.05, 0.1) is 6.61 Å². The molecule has 0 radical (unpaired) electrons. The van der Waals surface area contributed by atoms with E-state index < -0.39 is 17.8 Å². The second-order valence-corrected chi connectivity index (χ2v) is 3.43. The smallest absolute Gasteiger partial charge is 0.317 e. The lowest BCUT2D eigenvalue weighted by atomic mass is 9.79. The lowest BCUT2D eigenvalue weighted by Gasteiger charge is -2.34. The first-order valence-electron chi connectivity index (χ1n) is 4.79. The van der Waals surface area contributed by atoms with Gasteiger partial charge >= 0.3 is 5.97 Å². The maximum Gasteiger partial charge on any atom is 0.317 e. The van der Waals surface area contributed by atoms with Crippen LogP contribution >= 0.6 is 0 Å². The topological polar surface area (TPSA) is 38.3 Å². The molecule has 0 atom stereocenters. The van der Waals surface area contributed by atoms with Crippen LogP contribution in [0.1, 0.15) is 19.8 Å². The van der Waals surface area contributed by atoms with Crippen molar-refractivity contribution in [3.8, 4) is 0 Å². The van der Waals surface area contributed by atoms with E-state index in [1.54, 1.807) is 6.92 Å². The number of alkyl halides is 2. The molecule has 0 aromatic heterocycles. The number of hydrogen-bond donors (Lipinski definition) is 1. The SMILES string of the molecule is CCOC(=O)C1(C(F)F)CCNCC1. The van der Waals surface area contributed by atoms with Crippen LogP contribution in [0.3, 0.4) is 0 Å². The van der Waals surface area contributed by atoms with Gasteiger partial charge in [-0.25, -0.2) is 8.78 Å². The molecular formula is C9H15F2NO2. The van der Waals surface area contributed by atoms with Gasteiger partial charge in [-0.1, -0.05) is 0 Å². The molecule has 0 amide bonds. The molecule has 1 fully saturated rings. The highest BCUT2D eigenvalue weighted by molar-refractivity contribution is 5.77. The van der Waals surface area contributed by atoms with Gasteiger partial charge in [-0.15, -0.1) is 0 Å². The Bertz CT molecular complexity index is 203. The fourth-order valence-electron chi connectivity index (χ4n) is 1.66. The zero-order chi connectivity index (χ0) is 10.6. The van der Waals surface area contributed by atoms with Crippen molar-refractivity contribution >= 4 is 5.97 Å². The molecule has 1 heterocycles. The van der Waals surface area contributed by atoms with Gasteiger partial charge < -0.3 is 10.1 Å². The van der Waals surface area contributed by atoms with Crippen LogP contribution in [0.25, 0.3) is 0 Å². The fraction of sp³-hybridized carbons (Fsp3) is 0.889. The lowest BCUT2D eigenvalue weighted by molar-refractivity contribution is -0.168. The van der Waals surface area contributed by atoms with Crippen molar-refractivity contribution in [3.63, 3.8) is 0 Å². The van der Waals surface area contributed by atoms with Crippen LogP contribution in [0.4, 0.5) is 8.78 Å². The lowest BCUT2D eigenvalue weighted by Crippen LogP contribution is -2.47. The maximum absolute atomic E-state index is 12.8. The third-order valence-electron chi connectivity index (χ3n) is 2.60. The van der Waals surface area contributed by atoms with Crippen LogP contribution in [-0.2, 0) is 9.53 Å². The Balaban J connectivity index is 2.74. The van der Waals surface area contributed by atoms with Crippen molar-refractivity contribution < 1.29 is 18.3 Å². The second kappa shape index (κ2) is 4.68. The number of rotatable bonds is 3. The van der Waals surface area contributed by atoms with Crippen molar-refractivity contribution in [1.29, 1.82) is 0 Å². The molecule has 1 rings (SSSR count). The molecule has 1 aliphatic rings. The molecule has 0 saturated carbocycles. The van der Waals surface area contributed by atoms with Crippen LogP contribution in [0.15, 0.2) is 0 Å². The van der Waals surface area contributed by atoms with E-state index in [9.17, 15) is 13.6 Å².